The van der Waals surface area contributed by atoms with Gasteiger partial charge in [-0.1, -0.05) is 36.6 Å². The Morgan fingerprint density at radius 2 is 1.83 bits per heavy atom. The highest BCUT2D eigenvalue weighted by molar-refractivity contribution is 6.30. The first-order valence-electron chi connectivity index (χ1n) is 11.0. The average Bonchev–Trinajstić information content (AvgIpc) is 3.34. The zero-order chi connectivity index (χ0) is 21.5. The van der Waals surface area contributed by atoms with Crippen molar-refractivity contribution in [3.8, 4) is 0 Å². The SMILES string of the molecule is CC(C)n1c(C2CCCN(C(=O)C3(c4ccc(Cl)cc4)CCCC3)C2)nn(C)c1=O. The minimum Gasteiger partial charge on any atom is -0.341 e. The van der Waals surface area contributed by atoms with E-state index in [1.54, 1.807) is 11.6 Å². The molecular formula is C23H31ClN4O2. The predicted octanol–water partition coefficient (Wildman–Crippen LogP) is 4.03. The Labute approximate surface area is 182 Å². The summed E-state index contributed by atoms with van der Waals surface area (Å²) in [6, 6.07) is 7.85. The number of carbonyl (C=O) groups excluding carboxylic acids is 1. The molecule has 6 nitrogen and oxygen atoms in total. The van der Waals surface area contributed by atoms with Crippen LogP contribution in [0.3, 0.4) is 0 Å². The highest BCUT2D eigenvalue weighted by Gasteiger charge is 2.46. The van der Waals surface area contributed by atoms with E-state index in [0.29, 0.717) is 11.6 Å². The van der Waals surface area contributed by atoms with Crippen molar-refractivity contribution in [2.45, 2.75) is 69.7 Å². The van der Waals surface area contributed by atoms with Crippen LogP contribution in [0.15, 0.2) is 29.1 Å². The summed E-state index contributed by atoms with van der Waals surface area (Å²) < 4.78 is 3.20. The second kappa shape index (κ2) is 8.22. The summed E-state index contributed by atoms with van der Waals surface area (Å²) in [4.78, 5) is 28.4. The van der Waals surface area contributed by atoms with Crippen LogP contribution in [0.1, 0.15) is 75.7 Å². The Kier molecular flexibility index (Phi) is 5.80. The van der Waals surface area contributed by atoms with Crippen molar-refractivity contribution in [3.63, 3.8) is 0 Å². The lowest BCUT2D eigenvalue weighted by atomic mass is 9.77. The molecular weight excluding hydrogens is 400 g/mol. The number of piperidine rings is 1. The van der Waals surface area contributed by atoms with E-state index < -0.39 is 5.41 Å². The number of halogens is 1. The van der Waals surface area contributed by atoms with Gasteiger partial charge in [-0.3, -0.25) is 9.36 Å². The fraction of sp³-hybridized carbons (Fsp3) is 0.609. The summed E-state index contributed by atoms with van der Waals surface area (Å²) in [7, 11) is 1.70. The summed E-state index contributed by atoms with van der Waals surface area (Å²) in [6.07, 6.45) is 5.78. The summed E-state index contributed by atoms with van der Waals surface area (Å²) in [5, 5.41) is 5.24. The van der Waals surface area contributed by atoms with Gasteiger partial charge in [-0.15, -0.1) is 0 Å². The predicted molar refractivity (Wildman–Crippen MR) is 118 cm³/mol. The normalized spacial score (nSPS) is 21.4. The maximum absolute atomic E-state index is 13.9. The van der Waals surface area contributed by atoms with Gasteiger partial charge < -0.3 is 4.90 Å². The molecule has 1 saturated carbocycles. The topological polar surface area (TPSA) is 60.1 Å². The zero-order valence-corrected chi connectivity index (χ0v) is 18.9. The molecule has 0 radical (unpaired) electrons. The van der Waals surface area contributed by atoms with Crippen molar-refractivity contribution in [1.29, 1.82) is 0 Å². The molecule has 4 rings (SSSR count). The number of aromatic nitrogens is 3. The van der Waals surface area contributed by atoms with E-state index in [1.165, 1.54) is 4.68 Å². The molecule has 2 aromatic rings. The third-order valence-corrected chi connectivity index (χ3v) is 7.09. The van der Waals surface area contributed by atoms with E-state index in [-0.39, 0.29) is 23.6 Å². The molecule has 1 saturated heterocycles. The Bertz CT molecular complexity index is 970. The maximum Gasteiger partial charge on any atom is 0.345 e. The van der Waals surface area contributed by atoms with Crippen LogP contribution in [0, 0.1) is 0 Å². The van der Waals surface area contributed by atoms with Crippen molar-refractivity contribution >= 4 is 17.5 Å². The van der Waals surface area contributed by atoms with Crippen molar-refractivity contribution in [2.24, 2.45) is 7.05 Å². The lowest BCUT2D eigenvalue weighted by molar-refractivity contribution is -0.138. The average molecular weight is 431 g/mol. The third-order valence-electron chi connectivity index (χ3n) is 6.84. The van der Waals surface area contributed by atoms with E-state index in [1.807, 2.05) is 43.0 Å². The van der Waals surface area contributed by atoms with Gasteiger partial charge in [0.15, 0.2) is 0 Å². The quantitative estimate of drug-likeness (QED) is 0.735. The van der Waals surface area contributed by atoms with Crippen LogP contribution in [0.5, 0.6) is 0 Å². The number of hydrogen-bond donors (Lipinski definition) is 0. The van der Waals surface area contributed by atoms with Gasteiger partial charge in [-0.25, -0.2) is 9.48 Å². The molecule has 30 heavy (non-hydrogen) atoms. The standard InChI is InChI=1S/C23H31ClN4O2/c1-16(2)28-20(25-26(3)22(28)30)17-7-6-14-27(15-17)21(29)23(12-4-5-13-23)18-8-10-19(24)11-9-18/h8-11,16-17H,4-7,12-15H2,1-3H3. The number of aryl methyl sites for hydroxylation is 1. The molecule has 7 heteroatoms. The van der Waals surface area contributed by atoms with Crippen molar-refractivity contribution in [3.05, 3.63) is 51.2 Å². The van der Waals surface area contributed by atoms with Crippen LogP contribution in [0.25, 0.3) is 0 Å². The molecule has 1 aliphatic carbocycles. The fourth-order valence-electron chi connectivity index (χ4n) is 5.31. The number of likely N-dealkylation sites (tertiary alicyclic amines) is 1. The summed E-state index contributed by atoms with van der Waals surface area (Å²) in [5.74, 6) is 1.12. The largest absolute Gasteiger partial charge is 0.345 e. The fourth-order valence-corrected chi connectivity index (χ4v) is 5.44. The second-order valence-corrected chi connectivity index (χ2v) is 9.55. The van der Waals surface area contributed by atoms with Gasteiger partial charge >= 0.3 is 5.69 Å². The molecule has 0 bridgehead atoms. The Hall–Kier alpha value is -2.08. The molecule has 2 fully saturated rings. The number of nitrogens with zero attached hydrogens (tertiary/aromatic N) is 4. The van der Waals surface area contributed by atoms with Crippen LogP contribution in [-0.2, 0) is 17.3 Å². The van der Waals surface area contributed by atoms with E-state index in [2.05, 4.69) is 5.10 Å². The molecule has 1 aromatic heterocycles. The summed E-state index contributed by atoms with van der Waals surface area (Å²) in [6.45, 7) is 5.40. The third kappa shape index (κ3) is 3.59. The van der Waals surface area contributed by atoms with E-state index >= 15 is 0 Å². The summed E-state index contributed by atoms with van der Waals surface area (Å²) in [5.41, 5.74) is 0.541. The molecule has 1 amide bonds. The molecule has 0 N–H and O–H groups in total. The van der Waals surface area contributed by atoms with Gasteiger partial charge in [0, 0.05) is 37.1 Å². The minimum atomic E-state index is -0.450. The first kappa shape index (κ1) is 21.2. The van der Waals surface area contributed by atoms with Gasteiger partial charge in [0.1, 0.15) is 5.82 Å². The van der Waals surface area contributed by atoms with Gasteiger partial charge in [0.2, 0.25) is 5.91 Å². The van der Waals surface area contributed by atoms with Gasteiger partial charge in [-0.2, -0.15) is 5.10 Å². The number of carbonyl (C=O) groups is 1. The van der Waals surface area contributed by atoms with Gasteiger partial charge in [-0.05, 0) is 57.2 Å². The maximum atomic E-state index is 13.9. The van der Waals surface area contributed by atoms with Gasteiger partial charge in [0.05, 0.1) is 5.41 Å². The van der Waals surface area contributed by atoms with Crippen LogP contribution < -0.4 is 5.69 Å². The molecule has 1 unspecified atom stereocenters. The number of amides is 1. The molecule has 1 atom stereocenters. The zero-order valence-electron chi connectivity index (χ0n) is 18.1. The highest BCUT2D eigenvalue weighted by Crippen LogP contribution is 2.44. The number of hydrogen-bond acceptors (Lipinski definition) is 3. The first-order valence-corrected chi connectivity index (χ1v) is 11.4. The molecule has 1 aliphatic heterocycles. The molecule has 0 spiro atoms. The number of rotatable bonds is 4. The van der Waals surface area contributed by atoms with Crippen molar-refractivity contribution in [2.75, 3.05) is 13.1 Å². The van der Waals surface area contributed by atoms with E-state index in [4.69, 9.17) is 11.6 Å². The molecule has 2 aliphatic rings. The van der Waals surface area contributed by atoms with E-state index in [0.717, 1.165) is 56.5 Å². The highest BCUT2D eigenvalue weighted by atomic mass is 35.5. The summed E-state index contributed by atoms with van der Waals surface area (Å²) >= 11 is 6.10. The smallest absolute Gasteiger partial charge is 0.341 e. The van der Waals surface area contributed by atoms with Crippen LogP contribution >= 0.6 is 11.6 Å². The molecule has 1 aromatic carbocycles. The minimum absolute atomic E-state index is 0.0440. The van der Waals surface area contributed by atoms with Crippen LogP contribution in [0.2, 0.25) is 5.02 Å². The van der Waals surface area contributed by atoms with Crippen LogP contribution in [0.4, 0.5) is 0 Å². The van der Waals surface area contributed by atoms with Gasteiger partial charge in [0.25, 0.3) is 0 Å². The Morgan fingerprint density at radius 3 is 2.47 bits per heavy atom. The molecule has 2 heterocycles. The lowest BCUT2D eigenvalue weighted by Crippen LogP contribution is -2.49. The van der Waals surface area contributed by atoms with Crippen molar-refractivity contribution < 1.29 is 4.79 Å². The number of benzene rings is 1. The van der Waals surface area contributed by atoms with E-state index in [9.17, 15) is 9.59 Å². The molecule has 162 valence electrons. The Balaban J connectivity index is 1.63. The lowest BCUT2D eigenvalue weighted by Gasteiger charge is -2.39. The first-order chi connectivity index (χ1) is 14.3. The Morgan fingerprint density at radius 1 is 1.17 bits per heavy atom. The second-order valence-electron chi connectivity index (χ2n) is 9.11. The van der Waals surface area contributed by atoms with Crippen molar-refractivity contribution in [1.82, 2.24) is 19.2 Å². The van der Waals surface area contributed by atoms with Crippen LogP contribution in [-0.4, -0.2) is 38.2 Å². The monoisotopic (exact) mass is 430 g/mol.